The van der Waals surface area contributed by atoms with Crippen molar-refractivity contribution in [2.24, 2.45) is 0 Å². The molecule has 0 saturated heterocycles. The minimum atomic E-state index is -0.348. The van der Waals surface area contributed by atoms with Crippen LogP contribution in [-0.4, -0.2) is 28.5 Å². The van der Waals surface area contributed by atoms with E-state index in [1.165, 1.54) is 0 Å². The number of nitrogens with zero attached hydrogens (tertiary/aromatic N) is 2. The van der Waals surface area contributed by atoms with Gasteiger partial charge in [-0.2, -0.15) is 4.98 Å². The van der Waals surface area contributed by atoms with E-state index in [1.807, 2.05) is 0 Å². The standard InChI is InChI=1S/C13H22N2O3/c1-3-6-11(17-2)12-14-13(18-15-12)9-7-4-5-8-10(9)16/h9-11,16H,3-8H2,1-2H3. The molecule has 1 fully saturated rings. The molecule has 1 N–H and O–H groups in total. The fourth-order valence-corrected chi connectivity index (χ4v) is 2.54. The molecule has 0 aromatic carbocycles. The molecule has 1 aromatic rings. The Morgan fingerprint density at radius 1 is 1.44 bits per heavy atom. The van der Waals surface area contributed by atoms with Gasteiger partial charge in [-0.05, 0) is 19.3 Å². The molecular formula is C13H22N2O3. The van der Waals surface area contributed by atoms with Crippen LogP contribution in [0.1, 0.15) is 69.2 Å². The van der Waals surface area contributed by atoms with Crippen molar-refractivity contribution in [2.45, 2.75) is 63.6 Å². The summed E-state index contributed by atoms with van der Waals surface area (Å²) < 4.78 is 10.7. The van der Waals surface area contributed by atoms with Crippen LogP contribution in [0, 0.1) is 0 Å². The predicted molar refractivity (Wildman–Crippen MR) is 66.2 cm³/mol. The molecule has 5 heteroatoms. The zero-order valence-electron chi connectivity index (χ0n) is 11.1. The van der Waals surface area contributed by atoms with Gasteiger partial charge in [0.25, 0.3) is 0 Å². The van der Waals surface area contributed by atoms with Crippen molar-refractivity contribution in [1.82, 2.24) is 10.1 Å². The van der Waals surface area contributed by atoms with E-state index in [0.717, 1.165) is 38.5 Å². The van der Waals surface area contributed by atoms with Gasteiger partial charge >= 0.3 is 0 Å². The lowest BCUT2D eigenvalue weighted by Gasteiger charge is -2.24. The number of aromatic nitrogens is 2. The van der Waals surface area contributed by atoms with Gasteiger partial charge in [0.05, 0.1) is 12.0 Å². The van der Waals surface area contributed by atoms with E-state index in [-0.39, 0.29) is 18.1 Å². The summed E-state index contributed by atoms with van der Waals surface area (Å²) in [5, 5.41) is 14.0. The third kappa shape index (κ3) is 2.90. The molecule has 102 valence electrons. The van der Waals surface area contributed by atoms with Crippen molar-refractivity contribution in [1.29, 1.82) is 0 Å². The molecule has 0 aliphatic heterocycles. The molecule has 0 amide bonds. The highest BCUT2D eigenvalue weighted by Crippen LogP contribution is 2.33. The minimum absolute atomic E-state index is 0.000803. The number of ether oxygens (including phenoxy) is 1. The first-order valence-electron chi connectivity index (χ1n) is 6.80. The van der Waals surface area contributed by atoms with Crippen LogP contribution in [0.15, 0.2) is 4.52 Å². The van der Waals surface area contributed by atoms with E-state index in [0.29, 0.717) is 11.7 Å². The second kappa shape index (κ2) is 6.29. The molecule has 2 rings (SSSR count). The summed E-state index contributed by atoms with van der Waals surface area (Å²) in [5.41, 5.74) is 0. The Balaban J connectivity index is 2.08. The first-order valence-corrected chi connectivity index (χ1v) is 6.80. The lowest BCUT2D eigenvalue weighted by atomic mass is 9.86. The Morgan fingerprint density at radius 3 is 2.89 bits per heavy atom. The molecule has 1 aromatic heterocycles. The highest BCUT2D eigenvalue weighted by molar-refractivity contribution is 5.00. The molecule has 1 heterocycles. The quantitative estimate of drug-likeness (QED) is 0.874. The van der Waals surface area contributed by atoms with Gasteiger partial charge in [-0.25, -0.2) is 0 Å². The van der Waals surface area contributed by atoms with Crippen LogP contribution in [-0.2, 0) is 4.74 Å². The first-order chi connectivity index (χ1) is 8.76. The number of hydrogen-bond acceptors (Lipinski definition) is 5. The second-order valence-electron chi connectivity index (χ2n) is 4.96. The lowest BCUT2D eigenvalue weighted by molar-refractivity contribution is 0.0850. The van der Waals surface area contributed by atoms with Gasteiger partial charge in [-0.3, -0.25) is 0 Å². The van der Waals surface area contributed by atoms with E-state index in [9.17, 15) is 5.11 Å². The zero-order valence-corrected chi connectivity index (χ0v) is 11.1. The van der Waals surface area contributed by atoms with Crippen molar-refractivity contribution < 1.29 is 14.4 Å². The van der Waals surface area contributed by atoms with Gasteiger partial charge in [0.15, 0.2) is 0 Å². The summed E-state index contributed by atoms with van der Waals surface area (Å²) >= 11 is 0. The molecule has 5 nitrogen and oxygen atoms in total. The summed E-state index contributed by atoms with van der Waals surface area (Å²) in [5.74, 6) is 1.17. The number of rotatable bonds is 5. The SMILES string of the molecule is CCCC(OC)c1noc(C2CCCCC2O)n1. The van der Waals surface area contributed by atoms with Gasteiger partial charge in [-0.15, -0.1) is 0 Å². The Hall–Kier alpha value is -0.940. The predicted octanol–water partition coefficient (Wildman–Crippen LogP) is 2.58. The van der Waals surface area contributed by atoms with E-state index < -0.39 is 0 Å². The highest BCUT2D eigenvalue weighted by Gasteiger charge is 2.30. The summed E-state index contributed by atoms with van der Waals surface area (Å²) in [6.45, 7) is 2.10. The Labute approximate surface area is 108 Å². The number of methoxy groups -OCH3 is 1. The minimum Gasteiger partial charge on any atom is -0.392 e. The van der Waals surface area contributed by atoms with Crippen LogP contribution in [0.3, 0.4) is 0 Å². The normalized spacial score (nSPS) is 26.2. The second-order valence-corrected chi connectivity index (χ2v) is 4.96. The summed E-state index contributed by atoms with van der Waals surface area (Å²) in [6, 6.07) is 0. The molecule has 3 atom stereocenters. The number of aliphatic hydroxyl groups is 1. The fourth-order valence-electron chi connectivity index (χ4n) is 2.54. The van der Waals surface area contributed by atoms with Crippen LogP contribution in [0.25, 0.3) is 0 Å². The van der Waals surface area contributed by atoms with Crippen molar-refractivity contribution >= 4 is 0 Å². The van der Waals surface area contributed by atoms with E-state index in [1.54, 1.807) is 7.11 Å². The Bertz CT molecular complexity index is 367. The summed E-state index contributed by atoms with van der Waals surface area (Å²) in [7, 11) is 1.66. The van der Waals surface area contributed by atoms with Gasteiger partial charge in [0.1, 0.15) is 6.10 Å². The molecule has 0 radical (unpaired) electrons. The van der Waals surface area contributed by atoms with Gasteiger partial charge in [-0.1, -0.05) is 31.3 Å². The third-order valence-corrected chi connectivity index (χ3v) is 3.63. The van der Waals surface area contributed by atoms with Crippen molar-refractivity contribution in [2.75, 3.05) is 7.11 Å². The molecule has 18 heavy (non-hydrogen) atoms. The zero-order chi connectivity index (χ0) is 13.0. The largest absolute Gasteiger partial charge is 0.392 e. The van der Waals surface area contributed by atoms with Crippen LogP contribution in [0.5, 0.6) is 0 Å². The first kappa shape index (κ1) is 13.5. The lowest BCUT2D eigenvalue weighted by Crippen LogP contribution is -2.22. The smallest absolute Gasteiger partial charge is 0.232 e. The Morgan fingerprint density at radius 2 is 2.22 bits per heavy atom. The molecule has 0 bridgehead atoms. The van der Waals surface area contributed by atoms with Crippen LogP contribution < -0.4 is 0 Å². The van der Waals surface area contributed by atoms with Crippen LogP contribution in [0.4, 0.5) is 0 Å². The molecule has 1 saturated carbocycles. The van der Waals surface area contributed by atoms with E-state index in [2.05, 4.69) is 17.1 Å². The van der Waals surface area contributed by atoms with Crippen molar-refractivity contribution in [3.63, 3.8) is 0 Å². The maximum absolute atomic E-state index is 9.97. The summed E-state index contributed by atoms with van der Waals surface area (Å²) in [4.78, 5) is 4.41. The topological polar surface area (TPSA) is 68.4 Å². The van der Waals surface area contributed by atoms with Crippen molar-refractivity contribution in [3.05, 3.63) is 11.7 Å². The molecule has 1 aliphatic carbocycles. The molecule has 0 spiro atoms. The number of aliphatic hydroxyl groups excluding tert-OH is 1. The molecule has 3 unspecified atom stereocenters. The van der Waals surface area contributed by atoms with Gasteiger partial charge < -0.3 is 14.4 Å². The fraction of sp³-hybridized carbons (Fsp3) is 0.846. The maximum atomic E-state index is 9.97. The van der Waals surface area contributed by atoms with Gasteiger partial charge in [0, 0.05) is 7.11 Å². The number of hydrogen-bond donors (Lipinski definition) is 1. The summed E-state index contributed by atoms with van der Waals surface area (Å²) in [6.07, 6.45) is 5.38. The van der Waals surface area contributed by atoms with Gasteiger partial charge in [0.2, 0.25) is 11.7 Å². The average Bonchev–Trinajstić information content (AvgIpc) is 2.85. The van der Waals surface area contributed by atoms with Crippen molar-refractivity contribution in [3.8, 4) is 0 Å². The van der Waals surface area contributed by atoms with Crippen LogP contribution in [0.2, 0.25) is 0 Å². The maximum Gasteiger partial charge on any atom is 0.232 e. The Kier molecular flexibility index (Phi) is 4.72. The highest BCUT2D eigenvalue weighted by atomic mass is 16.5. The molecular weight excluding hydrogens is 232 g/mol. The van der Waals surface area contributed by atoms with E-state index >= 15 is 0 Å². The third-order valence-electron chi connectivity index (χ3n) is 3.63. The molecule has 1 aliphatic rings. The monoisotopic (exact) mass is 254 g/mol. The van der Waals surface area contributed by atoms with E-state index in [4.69, 9.17) is 9.26 Å². The van der Waals surface area contributed by atoms with Crippen LogP contribution >= 0.6 is 0 Å². The average molecular weight is 254 g/mol.